The third kappa shape index (κ3) is 3.66. The molecule has 0 aliphatic carbocycles. The Morgan fingerprint density at radius 2 is 1.90 bits per heavy atom. The lowest BCUT2D eigenvalue weighted by Crippen LogP contribution is -2.11. The predicted octanol–water partition coefficient (Wildman–Crippen LogP) is 2.05. The molecule has 0 fully saturated rings. The number of rotatable bonds is 6. The van der Waals surface area contributed by atoms with Crippen molar-refractivity contribution in [1.82, 2.24) is 15.2 Å². The number of carbonyl (C=O) groups is 1. The second-order valence-corrected chi connectivity index (χ2v) is 5.47. The first-order valence-electron chi connectivity index (χ1n) is 6.08. The van der Waals surface area contributed by atoms with Crippen molar-refractivity contribution in [2.45, 2.75) is 17.3 Å². The molecular weight excluding hydrogens is 294 g/mol. The number of aliphatic carboxylic acids is 1. The summed E-state index contributed by atoms with van der Waals surface area (Å²) in [4.78, 5) is 15.1. The highest BCUT2D eigenvalue weighted by atomic mass is 32.2. The average molecular weight is 309 g/mol. The maximum Gasteiger partial charge on any atom is 0.316 e. The van der Waals surface area contributed by atoms with Crippen LogP contribution in [0.4, 0.5) is 0 Å². The molecule has 0 saturated carbocycles. The first-order chi connectivity index (χ1) is 10.0. The third-order valence-corrected chi connectivity index (χ3v) is 3.67. The van der Waals surface area contributed by atoms with E-state index in [1.165, 1.54) is 0 Å². The van der Waals surface area contributed by atoms with Crippen LogP contribution >= 0.6 is 11.8 Å². The molecule has 0 aliphatic heterocycles. The van der Waals surface area contributed by atoms with Crippen molar-refractivity contribution in [3.63, 3.8) is 0 Å². The predicted molar refractivity (Wildman–Crippen MR) is 77.9 cm³/mol. The standard InChI is InChI=1S/C13H15N3O4S/c1-7(12(17)18)21-13-14-11(15-16-13)8-4-9(19-2)6-10(5-8)20-3/h4-7H,1-3H3,(H,17,18)(H,14,15,16)/t7-/m0/s1. The van der Waals surface area contributed by atoms with E-state index in [0.717, 1.165) is 17.3 Å². The number of aromatic amines is 1. The fourth-order valence-electron chi connectivity index (χ4n) is 1.58. The summed E-state index contributed by atoms with van der Waals surface area (Å²) in [6.45, 7) is 1.58. The summed E-state index contributed by atoms with van der Waals surface area (Å²) >= 11 is 1.07. The smallest absolute Gasteiger partial charge is 0.316 e. The SMILES string of the molecule is COc1cc(OC)cc(-c2nc(S[C@@H](C)C(=O)O)n[nH]2)c1. The molecule has 0 amide bonds. The molecule has 0 saturated heterocycles. The number of benzene rings is 1. The number of carboxylic acids is 1. The lowest BCUT2D eigenvalue weighted by Gasteiger charge is -2.06. The van der Waals surface area contributed by atoms with Crippen molar-refractivity contribution in [1.29, 1.82) is 0 Å². The largest absolute Gasteiger partial charge is 0.497 e. The average Bonchev–Trinajstić information content (AvgIpc) is 2.95. The molecule has 0 bridgehead atoms. The van der Waals surface area contributed by atoms with Crippen molar-refractivity contribution in [2.75, 3.05) is 14.2 Å². The molecule has 8 heteroatoms. The molecule has 2 rings (SSSR count). The van der Waals surface area contributed by atoms with Gasteiger partial charge in [-0.05, 0) is 19.1 Å². The molecule has 1 atom stereocenters. The summed E-state index contributed by atoms with van der Waals surface area (Å²) in [5, 5.41) is 15.4. The van der Waals surface area contributed by atoms with E-state index >= 15 is 0 Å². The minimum absolute atomic E-state index is 0.377. The van der Waals surface area contributed by atoms with Crippen LogP contribution < -0.4 is 9.47 Å². The fraction of sp³-hybridized carbons (Fsp3) is 0.308. The molecule has 0 spiro atoms. The van der Waals surface area contributed by atoms with E-state index in [-0.39, 0.29) is 0 Å². The van der Waals surface area contributed by atoms with E-state index in [9.17, 15) is 4.79 Å². The van der Waals surface area contributed by atoms with Gasteiger partial charge in [-0.3, -0.25) is 9.89 Å². The highest BCUT2D eigenvalue weighted by molar-refractivity contribution is 8.00. The summed E-state index contributed by atoms with van der Waals surface area (Å²) in [5.41, 5.74) is 0.744. The summed E-state index contributed by atoms with van der Waals surface area (Å²) in [5.74, 6) is 0.879. The fourth-order valence-corrected chi connectivity index (χ4v) is 2.24. The minimum atomic E-state index is -0.908. The van der Waals surface area contributed by atoms with Gasteiger partial charge in [-0.2, -0.15) is 0 Å². The number of H-pyrrole nitrogens is 1. The van der Waals surface area contributed by atoms with Crippen LogP contribution in [0.15, 0.2) is 23.4 Å². The number of hydrogen-bond acceptors (Lipinski definition) is 6. The molecule has 1 aromatic carbocycles. The van der Waals surface area contributed by atoms with Gasteiger partial charge in [0, 0.05) is 11.6 Å². The van der Waals surface area contributed by atoms with Gasteiger partial charge in [0.15, 0.2) is 5.82 Å². The Morgan fingerprint density at radius 3 is 2.43 bits per heavy atom. The number of nitrogens with one attached hydrogen (secondary N) is 1. The van der Waals surface area contributed by atoms with Crippen LogP contribution in [0.2, 0.25) is 0 Å². The second-order valence-electron chi connectivity index (χ2n) is 4.17. The van der Waals surface area contributed by atoms with Crippen LogP contribution in [0, 0.1) is 0 Å². The van der Waals surface area contributed by atoms with Gasteiger partial charge in [-0.25, -0.2) is 4.98 Å². The number of ether oxygens (including phenoxy) is 2. The molecule has 21 heavy (non-hydrogen) atoms. The molecule has 7 nitrogen and oxygen atoms in total. The Morgan fingerprint density at radius 1 is 1.29 bits per heavy atom. The monoisotopic (exact) mass is 309 g/mol. The zero-order chi connectivity index (χ0) is 15.4. The molecule has 112 valence electrons. The van der Waals surface area contributed by atoms with Crippen LogP contribution in [-0.2, 0) is 4.79 Å². The summed E-state index contributed by atoms with van der Waals surface area (Å²) < 4.78 is 10.4. The normalized spacial score (nSPS) is 12.0. The number of carboxylic acid groups (broad SMARTS) is 1. The van der Waals surface area contributed by atoms with Gasteiger partial charge in [0.2, 0.25) is 5.16 Å². The lowest BCUT2D eigenvalue weighted by molar-refractivity contribution is -0.136. The molecule has 2 N–H and O–H groups in total. The topological polar surface area (TPSA) is 97.3 Å². The van der Waals surface area contributed by atoms with Crippen molar-refractivity contribution < 1.29 is 19.4 Å². The summed E-state index contributed by atoms with van der Waals surface area (Å²) in [6.07, 6.45) is 0. The van der Waals surface area contributed by atoms with Gasteiger partial charge >= 0.3 is 5.97 Å². The van der Waals surface area contributed by atoms with Crippen molar-refractivity contribution in [3.05, 3.63) is 18.2 Å². The maximum atomic E-state index is 10.8. The van der Waals surface area contributed by atoms with Gasteiger partial charge in [0.05, 0.1) is 14.2 Å². The Balaban J connectivity index is 2.26. The maximum absolute atomic E-state index is 10.8. The van der Waals surface area contributed by atoms with Gasteiger partial charge in [0.1, 0.15) is 16.7 Å². The zero-order valence-corrected chi connectivity index (χ0v) is 12.6. The van der Waals surface area contributed by atoms with Crippen LogP contribution in [0.5, 0.6) is 11.5 Å². The van der Waals surface area contributed by atoms with Crippen LogP contribution in [0.3, 0.4) is 0 Å². The summed E-state index contributed by atoms with van der Waals surface area (Å²) in [7, 11) is 3.13. The molecular formula is C13H15N3O4S. The Kier molecular flexibility index (Phi) is 4.69. The molecule has 2 aromatic rings. The Hall–Kier alpha value is -2.22. The quantitative estimate of drug-likeness (QED) is 0.788. The third-order valence-electron chi connectivity index (χ3n) is 2.72. The van der Waals surface area contributed by atoms with Gasteiger partial charge < -0.3 is 14.6 Å². The van der Waals surface area contributed by atoms with Crippen LogP contribution in [-0.4, -0.2) is 45.7 Å². The van der Waals surface area contributed by atoms with Crippen molar-refractivity contribution >= 4 is 17.7 Å². The first-order valence-corrected chi connectivity index (χ1v) is 6.96. The zero-order valence-electron chi connectivity index (χ0n) is 11.8. The molecule has 0 aliphatic rings. The van der Waals surface area contributed by atoms with E-state index in [1.807, 2.05) is 0 Å². The van der Waals surface area contributed by atoms with Gasteiger partial charge in [-0.1, -0.05) is 11.8 Å². The second kappa shape index (κ2) is 6.49. The summed E-state index contributed by atoms with van der Waals surface area (Å²) in [6, 6.07) is 5.33. The Bertz CT molecular complexity index is 622. The van der Waals surface area contributed by atoms with Gasteiger partial charge in [-0.15, -0.1) is 5.10 Å². The Labute approximate surface area is 125 Å². The van der Waals surface area contributed by atoms with E-state index in [2.05, 4.69) is 15.2 Å². The highest BCUT2D eigenvalue weighted by Crippen LogP contribution is 2.29. The number of thioether (sulfide) groups is 1. The van der Waals surface area contributed by atoms with E-state index in [4.69, 9.17) is 14.6 Å². The van der Waals surface area contributed by atoms with Gasteiger partial charge in [0.25, 0.3) is 0 Å². The van der Waals surface area contributed by atoms with E-state index < -0.39 is 11.2 Å². The van der Waals surface area contributed by atoms with Crippen LogP contribution in [0.25, 0.3) is 11.4 Å². The lowest BCUT2D eigenvalue weighted by atomic mass is 10.2. The van der Waals surface area contributed by atoms with Crippen molar-refractivity contribution in [3.8, 4) is 22.9 Å². The number of nitrogens with zero attached hydrogens (tertiary/aromatic N) is 2. The van der Waals surface area contributed by atoms with E-state index in [1.54, 1.807) is 39.3 Å². The number of hydrogen-bond donors (Lipinski definition) is 2. The molecule has 0 unspecified atom stereocenters. The number of methoxy groups -OCH3 is 2. The number of aromatic nitrogens is 3. The molecule has 1 aromatic heterocycles. The van der Waals surface area contributed by atoms with E-state index in [0.29, 0.717) is 22.5 Å². The van der Waals surface area contributed by atoms with Crippen molar-refractivity contribution in [2.24, 2.45) is 0 Å². The highest BCUT2D eigenvalue weighted by Gasteiger charge is 2.16. The molecule has 0 radical (unpaired) electrons. The first kappa shape index (κ1) is 15.2. The van der Waals surface area contributed by atoms with Crippen LogP contribution in [0.1, 0.15) is 6.92 Å². The minimum Gasteiger partial charge on any atom is -0.497 e. The molecule has 1 heterocycles.